The minimum absolute atomic E-state index is 0.423. The molecule has 0 aliphatic heterocycles. The van der Waals surface area contributed by atoms with E-state index in [4.69, 9.17) is 21.7 Å². The number of hydrogen-bond donors (Lipinski definition) is 2. The number of methoxy groups -OCH3 is 2. The SMILES string of the molecule is COc1ccc(NC(=S)Nc2ccn(Cc3ccc(Br)cc3)n2)c(OC)c1. The Hall–Kier alpha value is -2.58. The summed E-state index contributed by atoms with van der Waals surface area (Å²) in [5.41, 5.74) is 1.90. The van der Waals surface area contributed by atoms with Crippen LogP contribution in [0.3, 0.4) is 0 Å². The second-order valence-corrected chi connectivity index (χ2v) is 6.99. The van der Waals surface area contributed by atoms with Crippen molar-refractivity contribution >= 4 is 44.8 Å². The molecule has 140 valence electrons. The molecular formula is C19H19BrN4O2S. The van der Waals surface area contributed by atoms with E-state index in [1.165, 1.54) is 0 Å². The monoisotopic (exact) mass is 446 g/mol. The van der Waals surface area contributed by atoms with Gasteiger partial charge >= 0.3 is 0 Å². The Labute approximate surface area is 171 Å². The molecule has 1 heterocycles. The molecule has 0 atom stereocenters. The van der Waals surface area contributed by atoms with Gasteiger partial charge in [-0.3, -0.25) is 4.68 Å². The van der Waals surface area contributed by atoms with E-state index in [0.29, 0.717) is 29.0 Å². The molecular weight excluding hydrogens is 428 g/mol. The summed E-state index contributed by atoms with van der Waals surface area (Å²) in [6.45, 7) is 0.682. The maximum absolute atomic E-state index is 5.38. The van der Waals surface area contributed by atoms with Crippen molar-refractivity contribution in [2.45, 2.75) is 6.54 Å². The van der Waals surface area contributed by atoms with Crippen LogP contribution in [0.2, 0.25) is 0 Å². The topological polar surface area (TPSA) is 60.3 Å². The van der Waals surface area contributed by atoms with Crippen molar-refractivity contribution in [2.75, 3.05) is 24.9 Å². The van der Waals surface area contributed by atoms with Gasteiger partial charge in [0, 0.05) is 22.8 Å². The molecule has 6 nitrogen and oxygen atoms in total. The average molecular weight is 447 g/mol. The van der Waals surface area contributed by atoms with Gasteiger partial charge in [-0.15, -0.1) is 0 Å². The van der Waals surface area contributed by atoms with Crippen LogP contribution in [-0.2, 0) is 6.54 Å². The molecule has 0 spiro atoms. The van der Waals surface area contributed by atoms with Gasteiger partial charge < -0.3 is 20.1 Å². The van der Waals surface area contributed by atoms with E-state index in [0.717, 1.165) is 15.7 Å². The van der Waals surface area contributed by atoms with Crippen molar-refractivity contribution in [3.63, 3.8) is 0 Å². The maximum Gasteiger partial charge on any atom is 0.176 e. The number of aromatic nitrogens is 2. The molecule has 0 aliphatic carbocycles. The lowest BCUT2D eigenvalue weighted by molar-refractivity contribution is 0.395. The van der Waals surface area contributed by atoms with Gasteiger partial charge in [0.15, 0.2) is 10.9 Å². The number of halogens is 1. The summed E-state index contributed by atoms with van der Waals surface area (Å²) in [6.07, 6.45) is 1.90. The van der Waals surface area contributed by atoms with Gasteiger partial charge in [-0.2, -0.15) is 5.10 Å². The summed E-state index contributed by atoms with van der Waals surface area (Å²) >= 11 is 8.81. The standard InChI is InChI=1S/C19H19BrN4O2S/c1-25-15-7-8-16(17(11-15)26-2)21-19(27)22-18-9-10-24(23-18)12-13-3-5-14(20)6-4-13/h3-11H,12H2,1-2H3,(H2,21,22,23,27). The highest BCUT2D eigenvalue weighted by Gasteiger charge is 2.08. The summed E-state index contributed by atoms with van der Waals surface area (Å²) in [5, 5.41) is 11.1. The van der Waals surface area contributed by atoms with E-state index in [1.54, 1.807) is 20.3 Å². The molecule has 0 bridgehead atoms. The molecule has 0 saturated heterocycles. The predicted molar refractivity (Wildman–Crippen MR) is 115 cm³/mol. The Bertz CT molecular complexity index is 928. The molecule has 0 fully saturated rings. The second kappa shape index (κ2) is 8.88. The molecule has 2 aromatic carbocycles. The van der Waals surface area contributed by atoms with Crippen LogP contribution in [0.15, 0.2) is 59.2 Å². The second-order valence-electron chi connectivity index (χ2n) is 5.67. The molecule has 2 N–H and O–H groups in total. The fraction of sp³-hybridized carbons (Fsp3) is 0.158. The van der Waals surface area contributed by atoms with Gasteiger partial charge in [0.1, 0.15) is 11.5 Å². The molecule has 0 saturated carbocycles. The van der Waals surface area contributed by atoms with Gasteiger partial charge in [-0.1, -0.05) is 28.1 Å². The van der Waals surface area contributed by atoms with Crippen molar-refractivity contribution in [1.82, 2.24) is 9.78 Å². The highest BCUT2D eigenvalue weighted by atomic mass is 79.9. The minimum Gasteiger partial charge on any atom is -0.497 e. The molecule has 0 radical (unpaired) electrons. The number of benzene rings is 2. The van der Waals surface area contributed by atoms with E-state index in [1.807, 2.05) is 41.2 Å². The fourth-order valence-corrected chi connectivity index (χ4v) is 2.94. The minimum atomic E-state index is 0.423. The van der Waals surface area contributed by atoms with E-state index in [2.05, 4.69) is 43.8 Å². The lowest BCUT2D eigenvalue weighted by Gasteiger charge is -2.13. The van der Waals surface area contributed by atoms with E-state index < -0.39 is 0 Å². The Morgan fingerprint density at radius 3 is 2.56 bits per heavy atom. The molecule has 0 amide bonds. The van der Waals surface area contributed by atoms with E-state index in [-0.39, 0.29) is 0 Å². The summed E-state index contributed by atoms with van der Waals surface area (Å²) in [5.74, 6) is 2.01. The van der Waals surface area contributed by atoms with Crippen molar-refractivity contribution in [1.29, 1.82) is 0 Å². The number of thiocarbonyl (C=S) groups is 1. The van der Waals surface area contributed by atoms with Gasteiger partial charge in [0.2, 0.25) is 0 Å². The highest BCUT2D eigenvalue weighted by molar-refractivity contribution is 9.10. The fourth-order valence-electron chi connectivity index (χ4n) is 2.46. The summed E-state index contributed by atoms with van der Waals surface area (Å²) in [4.78, 5) is 0. The Kier molecular flexibility index (Phi) is 6.31. The predicted octanol–water partition coefficient (Wildman–Crippen LogP) is 4.52. The molecule has 8 heteroatoms. The zero-order valence-electron chi connectivity index (χ0n) is 14.9. The Morgan fingerprint density at radius 2 is 1.85 bits per heavy atom. The molecule has 0 aliphatic rings. The highest BCUT2D eigenvalue weighted by Crippen LogP contribution is 2.29. The quantitative estimate of drug-likeness (QED) is 0.542. The normalized spacial score (nSPS) is 10.3. The number of rotatable bonds is 6. The summed E-state index contributed by atoms with van der Waals surface area (Å²) in [7, 11) is 3.21. The van der Waals surface area contributed by atoms with Crippen LogP contribution in [0, 0.1) is 0 Å². The largest absolute Gasteiger partial charge is 0.497 e. The summed E-state index contributed by atoms with van der Waals surface area (Å²) < 4.78 is 13.5. The zero-order valence-corrected chi connectivity index (χ0v) is 17.3. The first-order valence-electron chi connectivity index (χ1n) is 8.15. The van der Waals surface area contributed by atoms with E-state index in [9.17, 15) is 0 Å². The van der Waals surface area contributed by atoms with Crippen LogP contribution in [0.4, 0.5) is 11.5 Å². The van der Waals surface area contributed by atoms with Crippen LogP contribution in [0.25, 0.3) is 0 Å². The molecule has 3 aromatic rings. The van der Waals surface area contributed by atoms with Gasteiger partial charge in [0.25, 0.3) is 0 Å². The Balaban J connectivity index is 1.61. The Morgan fingerprint density at radius 1 is 1.07 bits per heavy atom. The van der Waals surface area contributed by atoms with Crippen LogP contribution in [0.5, 0.6) is 11.5 Å². The first-order chi connectivity index (χ1) is 13.1. The molecule has 0 unspecified atom stereocenters. The number of anilines is 2. The number of ether oxygens (including phenoxy) is 2. The van der Waals surface area contributed by atoms with Crippen molar-refractivity contribution in [3.05, 3.63) is 64.8 Å². The van der Waals surface area contributed by atoms with Crippen LogP contribution in [0.1, 0.15) is 5.56 Å². The van der Waals surface area contributed by atoms with Gasteiger partial charge in [0.05, 0.1) is 26.5 Å². The van der Waals surface area contributed by atoms with Crippen LogP contribution in [-0.4, -0.2) is 29.1 Å². The number of nitrogens with zero attached hydrogens (tertiary/aromatic N) is 2. The average Bonchev–Trinajstić information content (AvgIpc) is 3.10. The van der Waals surface area contributed by atoms with Crippen LogP contribution < -0.4 is 20.1 Å². The molecule has 1 aromatic heterocycles. The first kappa shape index (κ1) is 19.2. The van der Waals surface area contributed by atoms with Crippen molar-refractivity contribution in [2.24, 2.45) is 0 Å². The summed E-state index contributed by atoms with van der Waals surface area (Å²) in [6, 6.07) is 15.5. The number of hydrogen-bond acceptors (Lipinski definition) is 4. The third-order valence-corrected chi connectivity index (χ3v) is 4.53. The number of nitrogens with one attached hydrogen (secondary N) is 2. The third kappa shape index (κ3) is 5.21. The van der Waals surface area contributed by atoms with Crippen molar-refractivity contribution in [3.8, 4) is 11.5 Å². The van der Waals surface area contributed by atoms with Gasteiger partial charge in [-0.25, -0.2) is 0 Å². The maximum atomic E-state index is 5.38. The van der Waals surface area contributed by atoms with E-state index >= 15 is 0 Å². The zero-order chi connectivity index (χ0) is 19.2. The van der Waals surface area contributed by atoms with Crippen LogP contribution >= 0.6 is 28.1 Å². The first-order valence-corrected chi connectivity index (χ1v) is 9.35. The van der Waals surface area contributed by atoms with Gasteiger partial charge in [-0.05, 0) is 42.0 Å². The smallest absolute Gasteiger partial charge is 0.176 e. The molecule has 3 rings (SSSR count). The molecule has 27 heavy (non-hydrogen) atoms. The van der Waals surface area contributed by atoms with Crippen molar-refractivity contribution < 1.29 is 9.47 Å². The lowest BCUT2D eigenvalue weighted by Crippen LogP contribution is -2.20. The lowest BCUT2D eigenvalue weighted by atomic mass is 10.2. The third-order valence-electron chi connectivity index (χ3n) is 3.80.